The summed E-state index contributed by atoms with van der Waals surface area (Å²) in [5.74, 6) is -1.90. The molecule has 0 radical (unpaired) electrons. The van der Waals surface area contributed by atoms with Crippen LogP contribution in [-0.2, 0) is 22.7 Å². The zero-order chi connectivity index (χ0) is 27.9. The Hall–Kier alpha value is -5.34. The number of nitrogens with zero attached hydrogens (tertiary/aromatic N) is 2. The Balaban J connectivity index is 1.44. The molecule has 0 saturated heterocycles. The number of benzene rings is 3. The summed E-state index contributed by atoms with van der Waals surface area (Å²) >= 11 is 0. The van der Waals surface area contributed by atoms with Crippen molar-refractivity contribution in [1.82, 2.24) is 20.2 Å². The van der Waals surface area contributed by atoms with Crippen molar-refractivity contribution in [3.05, 3.63) is 132 Å². The molecule has 7 rings (SSSR count). The van der Waals surface area contributed by atoms with Crippen LogP contribution in [0.1, 0.15) is 22.3 Å². The quantitative estimate of drug-likeness (QED) is 0.250. The van der Waals surface area contributed by atoms with Gasteiger partial charge in [-0.2, -0.15) is 0 Å². The molecule has 0 bridgehead atoms. The van der Waals surface area contributed by atoms with E-state index in [0.29, 0.717) is 24.0 Å². The zero-order valence-electron chi connectivity index (χ0n) is 21.7. The number of pyridine rings is 1. The van der Waals surface area contributed by atoms with Gasteiger partial charge in [-0.25, -0.2) is 4.39 Å². The SMILES string of the molecule is O=C1NC(=O)C(c2c(F)ccc3ccoc23)=C1c1cn(-c2ccncc2)c2c(CNCc3ccccc3)cccc12. The number of hydrogen-bond donors (Lipinski definition) is 2. The highest BCUT2D eigenvalue weighted by atomic mass is 19.1. The lowest BCUT2D eigenvalue weighted by Crippen LogP contribution is -2.23. The summed E-state index contributed by atoms with van der Waals surface area (Å²) in [5.41, 5.74) is 4.61. The summed E-state index contributed by atoms with van der Waals surface area (Å²) < 4.78 is 22.9. The lowest BCUT2D eigenvalue weighted by Gasteiger charge is -2.11. The number of furan rings is 1. The Morgan fingerprint density at radius 3 is 2.49 bits per heavy atom. The van der Waals surface area contributed by atoms with Crippen molar-refractivity contribution in [3.8, 4) is 5.69 Å². The average molecular weight is 543 g/mol. The van der Waals surface area contributed by atoms with Crippen LogP contribution in [0.2, 0.25) is 0 Å². The van der Waals surface area contributed by atoms with Gasteiger partial charge in [0.05, 0.1) is 28.5 Å². The van der Waals surface area contributed by atoms with Crippen molar-refractivity contribution in [2.45, 2.75) is 13.1 Å². The average Bonchev–Trinajstić information content (AvgIpc) is 3.70. The number of hydrogen-bond acceptors (Lipinski definition) is 5. The number of rotatable bonds is 7. The van der Waals surface area contributed by atoms with Gasteiger partial charge in [-0.05, 0) is 41.5 Å². The van der Waals surface area contributed by atoms with E-state index in [9.17, 15) is 9.59 Å². The second-order valence-electron chi connectivity index (χ2n) is 9.82. The maximum atomic E-state index is 15.4. The molecule has 0 aliphatic carbocycles. The Kier molecular flexibility index (Phi) is 6.02. The Bertz CT molecular complexity index is 1990. The molecule has 3 aromatic heterocycles. The highest BCUT2D eigenvalue weighted by Crippen LogP contribution is 2.40. The van der Waals surface area contributed by atoms with Gasteiger partial charge in [-0.1, -0.05) is 48.5 Å². The first-order valence-electron chi connectivity index (χ1n) is 13.1. The van der Waals surface area contributed by atoms with Crippen LogP contribution in [-0.4, -0.2) is 21.4 Å². The van der Waals surface area contributed by atoms with Gasteiger partial charge >= 0.3 is 0 Å². The summed E-state index contributed by atoms with van der Waals surface area (Å²) in [6.45, 7) is 1.23. The molecule has 8 heteroatoms. The first-order valence-corrected chi connectivity index (χ1v) is 13.1. The van der Waals surface area contributed by atoms with Crippen molar-refractivity contribution >= 4 is 44.8 Å². The maximum absolute atomic E-state index is 15.4. The topological polar surface area (TPSA) is 89.2 Å². The molecule has 41 heavy (non-hydrogen) atoms. The van der Waals surface area contributed by atoms with Gasteiger partial charge in [0, 0.05) is 53.7 Å². The van der Waals surface area contributed by atoms with E-state index >= 15 is 4.39 Å². The van der Waals surface area contributed by atoms with Crippen LogP contribution < -0.4 is 10.6 Å². The molecule has 1 aliphatic rings. The molecule has 4 heterocycles. The van der Waals surface area contributed by atoms with E-state index in [1.807, 2.05) is 59.3 Å². The number of aromatic nitrogens is 2. The molecule has 0 unspecified atom stereocenters. The number of imide groups is 1. The number of halogens is 1. The van der Waals surface area contributed by atoms with Crippen molar-refractivity contribution in [3.63, 3.8) is 0 Å². The Morgan fingerprint density at radius 2 is 1.66 bits per heavy atom. The van der Waals surface area contributed by atoms with Crippen molar-refractivity contribution < 1.29 is 18.4 Å². The largest absolute Gasteiger partial charge is 0.464 e. The van der Waals surface area contributed by atoms with Crippen LogP contribution in [0.15, 0.2) is 108 Å². The third kappa shape index (κ3) is 4.21. The molecule has 0 fully saturated rings. The standard InChI is InChI=1S/C33H23FN4O3/c34-26-10-9-21-13-16-41-31(21)28(26)29-27(32(39)37-33(29)40)25-19-38(23-11-14-35-15-12-23)30-22(7-4-8-24(25)30)18-36-17-20-5-2-1-3-6-20/h1-16,19,36H,17-18H2,(H,37,39,40). The maximum Gasteiger partial charge on any atom is 0.259 e. The van der Waals surface area contributed by atoms with Crippen LogP contribution in [0.25, 0.3) is 38.7 Å². The second kappa shape index (κ2) is 10.0. The van der Waals surface area contributed by atoms with E-state index < -0.39 is 17.6 Å². The molecule has 2 amide bonds. The predicted molar refractivity (Wildman–Crippen MR) is 154 cm³/mol. The molecular formula is C33H23FN4O3. The van der Waals surface area contributed by atoms with Gasteiger partial charge in [0.15, 0.2) is 0 Å². The van der Waals surface area contributed by atoms with Crippen LogP contribution >= 0.6 is 0 Å². The van der Waals surface area contributed by atoms with Gasteiger partial charge in [0.1, 0.15) is 11.4 Å². The molecule has 1 aliphatic heterocycles. The number of para-hydroxylation sites is 1. The lowest BCUT2D eigenvalue weighted by molar-refractivity contribution is -0.122. The molecule has 0 atom stereocenters. The minimum Gasteiger partial charge on any atom is -0.464 e. The Labute approximate surface area is 233 Å². The molecule has 6 aromatic rings. The molecule has 0 spiro atoms. The summed E-state index contributed by atoms with van der Waals surface area (Å²) in [6, 6.07) is 24.3. The minimum absolute atomic E-state index is 0.0312. The lowest BCUT2D eigenvalue weighted by atomic mass is 9.94. The van der Waals surface area contributed by atoms with Gasteiger partial charge in [-0.15, -0.1) is 0 Å². The van der Waals surface area contributed by atoms with Crippen molar-refractivity contribution in [1.29, 1.82) is 0 Å². The van der Waals surface area contributed by atoms with E-state index in [-0.39, 0.29) is 22.3 Å². The highest BCUT2D eigenvalue weighted by molar-refractivity contribution is 6.50. The van der Waals surface area contributed by atoms with Gasteiger partial charge < -0.3 is 14.3 Å². The summed E-state index contributed by atoms with van der Waals surface area (Å²) in [4.78, 5) is 30.8. The van der Waals surface area contributed by atoms with Crippen LogP contribution in [0.5, 0.6) is 0 Å². The second-order valence-corrected chi connectivity index (χ2v) is 9.82. The number of amides is 2. The fourth-order valence-electron chi connectivity index (χ4n) is 5.54. The third-order valence-electron chi connectivity index (χ3n) is 7.36. The Morgan fingerprint density at radius 1 is 0.854 bits per heavy atom. The summed E-state index contributed by atoms with van der Waals surface area (Å²) in [6.07, 6.45) is 6.65. The number of carbonyl (C=O) groups is 2. The molecule has 0 saturated carbocycles. The molecule has 2 N–H and O–H groups in total. The smallest absolute Gasteiger partial charge is 0.259 e. The van der Waals surface area contributed by atoms with Crippen LogP contribution in [0, 0.1) is 5.82 Å². The summed E-state index contributed by atoms with van der Waals surface area (Å²) in [5, 5.41) is 7.28. The molecule has 3 aromatic carbocycles. The fraction of sp³-hybridized carbons (Fsp3) is 0.0606. The number of carbonyl (C=O) groups excluding carboxylic acids is 2. The zero-order valence-corrected chi connectivity index (χ0v) is 21.7. The van der Waals surface area contributed by atoms with E-state index in [1.165, 1.54) is 12.3 Å². The van der Waals surface area contributed by atoms with Crippen LogP contribution in [0.3, 0.4) is 0 Å². The molecular weight excluding hydrogens is 519 g/mol. The van der Waals surface area contributed by atoms with Gasteiger partial charge in [-0.3, -0.25) is 19.9 Å². The summed E-state index contributed by atoms with van der Waals surface area (Å²) in [7, 11) is 0. The first kappa shape index (κ1) is 24.7. The minimum atomic E-state index is -0.668. The molecule has 7 nitrogen and oxygen atoms in total. The van der Waals surface area contributed by atoms with Crippen molar-refractivity contribution in [2.75, 3.05) is 0 Å². The number of fused-ring (bicyclic) bond motifs is 2. The monoisotopic (exact) mass is 542 g/mol. The van der Waals surface area contributed by atoms with Crippen LogP contribution in [0.4, 0.5) is 4.39 Å². The normalized spacial score (nSPS) is 13.5. The predicted octanol–water partition coefficient (Wildman–Crippen LogP) is 5.77. The first-order chi connectivity index (χ1) is 20.1. The highest BCUT2D eigenvalue weighted by Gasteiger charge is 2.37. The van der Waals surface area contributed by atoms with Crippen molar-refractivity contribution in [2.24, 2.45) is 0 Å². The molecule has 200 valence electrons. The fourth-order valence-corrected chi connectivity index (χ4v) is 5.54. The number of nitrogens with one attached hydrogen (secondary N) is 2. The van der Waals surface area contributed by atoms with E-state index in [0.717, 1.165) is 27.7 Å². The van der Waals surface area contributed by atoms with E-state index in [1.54, 1.807) is 24.5 Å². The third-order valence-corrected chi connectivity index (χ3v) is 7.36. The van der Waals surface area contributed by atoms with Gasteiger partial charge in [0.2, 0.25) is 0 Å². The van der Waals surface area contributed by atoms with Gasteiger partial charge in [0.25, 0.3) is 11.8 Å². The van der Waals surface area contributed by atoms with E-state index in [2.05, 4.69) is 27.8 Å². The van der Waals surface area contributed by atoms with E-state index in [4.69, 9.17) is 4.42 Å².